The maximum atomic E-state index is 13.1. The lowest BCUT2D eigenvalue weighted by molar-refractivity contribution is 0.220. The van der Waals surface area contributed by atoms with Crippen LogP contribution < -0.4 is 0 Å². The normalized spacial score (nSPS) is 13.1. The summed E-state index contributed by atoms with van der Waals surface area (Å²) in [7, 11) is -7.22. The van der Waals surface area contributed by atoms with E-state index in [0.717, 1.165) is 11.1 Å². The summed E-state index contributed by atoms with van der Waals surface area (Å²) in [5, 5.41) is 0. The van der Waals surface area contributed by atoms with Gasteiger partial charge in [-0.15, -0.1) is 0 Å². The Hall–Kier alpha value is -0.520. The van der Waals surface area contributed by atoms with Crippen LogP contribution in [0.2, 0.25) is 0 Å². The molecule has 0 saturated carbocycles. The summed E-state index contributed by atoms with van der Waals surface area (Å²) in [6, 6.07) is 20.0. The molecule has 0 unspecified atom stereocenters. The van der Waals surface area contributed by atoms with Gasteiger partial charge in [-0.3, -0.25) is 18.1 Å². The monoisotopic (exact) mass is 664 g/mol. The van der Waals surface area contributed by atoms with Gasteiger partial charge in [0, 0.05) is 23.0 Å². The minimum Gasteiger partial charge on any atom is -0.291 e. The maximum absolute atomic E-state index is 13.1. The van der Waals surface area contributed by atoms with E-state index in [4.69, 9.17) is 18.1 Å². The van der Waals surface area contributed by atoms with E-state index in [1.165, 1.54) is 47.0 Å². The molecule has 2 rings (SSSR count). The van der Waals surface area contributed by atoms with Crippen molar-refractivity contribution in [2.24, 2.45) is 9.53 Å². The topological polar surface area (TPSA) is 95.8 Å². The van der Waals surface area contributed by atoms with Crippen molar-refractivity contribution in [2.45, 2.75) is 39.2 Å². The van der Waals surface area contributed by atoms with Crippen LogP contribution in [0.15, 0.2) is 70.2 Å². The minimum absolute atomic E-state index is 0.232. The van der Waals surface area contributed by atoms with Gasteiger partial charge in [-0.05, 0) is 38.8 Å². The summed E-state index contributed by atoms with van der Waals surface area (Å²) in [6.07, 6.45) is 0. The third-order valence-corrected chi connectivity index (χ3v) is 13.1. The molecule has 0 fully saturated rings. The Balaban J connectivity index is 2.14. The van der Waals surface area contributed by atoms with Crippen molar-refractivity contribution in [3.63, 3.8) is 0 Å². The van der Waals surface area contributed by atoms with Crippen molar-refractivity contribution >= 4 is 71.3 Å². The predicted molar refractivity (Wildman–Crippen MR) is 177 cm³/mol. The summed E-state index contributed by atoms with van der Waals surface area (Å²) < 4.78 is 58.0. The van der Waals surface area contributed by atoms with Gasteiger partial charge >= 0.3 is 15.5 Å². The lowest BCUT2D eigenvalue weighted by atomic mass is 10.2. The van der Waals surface area contributed by atoms with Gasteiger partial charge in [0.2, 0.25) is 0 Å². The first kappa shape index (κ1) is 35.7. The Morgan fingerprint density at radius 3 is 1.20 bits per heavy atom. The fourth-order valence-electron chi connectivity index (χ4n) is 2.94. The summed E-state index contributed by atoms with van der Waals surface area (Å²) in [6.45, 7) is 7.98. The van der Waals surface area contributed by atoms with E-state index in [1.807, 2.05) is 60.7 Å². The fourth-order valence-corrected chi connectivity index (χ4v) is 10.6. The highest BCUT2D eigenvalue weighted by atomic mass is 32.2. The molecule has 2 aromatic carbocycles. The van der Waals surface area contributed by atoms with E-state index in [9.17, 15) is 9.13 Å². The van der Waals surface area contributed by atoms with Gasteiger partial charge < -0.3 is 0 Å². The van der Waals surface area contributed by atoms with Crippen LogP contribution in [0.25, 0.3) is 0 Å². The molecule has 0 heterocycles. The van der Waals surface area contributed by atoms with Gasteiger partial charge in [-0.25, -0.2) is 9.13 Å². The highest BCUT2D eigenvalue weighted by molar-refractivity contribution is 8.40. The molecule has 0 spiro atoms. The van der Waals surface area contributed by atoms with Crippen LogP contribution in [0.3, 0.4) is 0 Å². The second-order valence-electron chi connectivity index (χ2n) is 7.59. The highest BCUT2D eigenvalue weighted by Gasteiger charge is 2.25. The molecule has 0 saturated heterocycles. The Kier molecular flexibility index (Phi) is 18.2. The summed E-state index contributed by atoms with van der Waals surface area (Å²) in [4.78, 5) is 0. The van der Waals surface area contributed by atoms with Crippen LogP contribution in [-0.2, 0) is 38.7 Å². The molecule has 0 aliphatic carbocycles. The molecule has 0 aromatic heterocycles. The summed E-state index contributed by atoms with van der Waals surface area (Å²) in [5.41, 5.74) is 2.26. The van der Waals surface area contributed by atoms with Crippen molar-refractivity contribution < 1.29 is 27.2 Å². The molecule has 40 heavy (non-hydrogen) atoms. The van der Waals surface area contributed by atoms with Crippen LogP contribution in [0.5, 0.6) is 0 Å². The minimum atomic E-state index is -3.61. The molecule has 0 amide bonds. The van der Waals surface area contributed by atoms with Crippen molar-refractivity contribution in [2.75, 3.05) is 37.9 Å². The third kappa shape index (κ3) is 14.6. The van der Waals surface area contributed by atoms with Gasteiger partial charge in [0.25, 0.3) is 0 Å². The molecule has 0 aliphatic rings. The Morgan fingerprint density at radius 2 is 0.900 bits per heavy atom. The molecule has 8 nitrogen and oxygen atoms in total. The summed E-state index contributed by atoms with van der Waals surface area (Å²) >= 11 is 5.95. The third-order valence-electron chi connectivity index (χ3n) is 4.52. The number of benzene rings is 2. The van der Waals surface area contributed by atoms with E-state index in [-0.39, 0.29) is 26.4 Å². The molecule has 0 bridgehead atoms. The molecular weight excluding hydrogens is 627 g/mol. The van der Waals surface area contributed by atoms with Crippen molar-refractivity contribution in [1.82, 2.24) is 0 Å². The smallest absolute Gasteiger partial charge is 0.291 e. The molecule has 14 heteroatoms. The number of nitrogens with zero attached hydrogens (tertiary/aromatic N) is 2. The molecule has 0 aliphatic heterocycles. The van der Waals surface area contributed by atoms with Gasteiger partial charge in [0.05, 0.1) is 26.4 Å². The van der Waals surface area contributed by atoms with E-state index in [2.05, 4.69) is 9.53 Å². The Labute approximate surface area is 255 Å². The number of rotatable bonds is 17. The predicted octanol–water partition coefficient (Wildman–Crippen LogP) is 9.39. The van der Waals surface area contributed by atoms with E-state index in [1.54, 1.807) is 27.7 Å². The zero-order valence-corrected chi connectivity index (χ0v) is 28.4. The first-order chi connectivity index (χ1) is 19.3. The van der Waals surface area contributed by atoms with Crippen molar-refractivity contribution in [3.05, 3.63) is 71.8 Å². The Bertz CT molecular complexity index is 1030. The molecule has 0 radical (unpaired) electrons. The largest absolute Gasteiger partial charge is 0.455 e. The van der Waals surface area contributed by atoms with Crippen LogP contribution in [0.4, 0.5) is 0 Å². The van der Waals surface area contributed by atoms with Crippen LogP contribution >= 0.6 is 62.5 Å². The number of thioether (sulfide) groups is 4. The van der Waals surface area contributed by atoms with Gasteiger partial charge in [0.15, 0.2) is 0 Å². The fraction of sp³-hybridized carbons (Fsp3) is 0.462. The van der Waals surface area contributed by atoms with Crippen LogP contribution in [-0.4, -0.2) is 46.7 Å². The highest BCUT2D eigenvalue weighted by Crippen LogP contribution is 2.52. The molecule has 2 aromatic rings. The maximum Gasteiger partial charge on any atom is 0.455 e. The second-order valence-corrected chi connectivity index (χ2v) is 15.5. The molecule has 0 atom stereocenters. The quantitative estimate of drug-likeness (QED) is 0.0704. The van der Waals surface area contributed by atoms with E-state index >= 15 is 0 Å². The average molecular weight is 665 g/mol. The second kappa shape index (κ2) is 20.4. The number of hydrogen-bond donors (Lipinski definition) is 0. The molecular formula is C26H38N2O6P2S4. The van der Waals surface area contributed by atoms with Gasteiger partial charge in [0.1, 0.15) is 8.75 Å². The van der Waals surface area contributed by atoms with E-state index < -0.39 is 15.5 Å². The summed E-state index contributed by atoms with van der Waals surface area (Å²) in [5.74, 6) is 2.62. The standard InChI is InChI=1S/C26H38N2O6P2S4/c1-5-31-35(29,32-6-2)27-25(39-21-23-15-11-9-12-16-23)37-19-20-38-26(28-36(30,33-7-3)34-8-4)40-22-24-17-13-10-14-18-24/h9-18H,5-8,19-22H2,1-4H3/b27-25-,28-26+. The lowest BCUT2D eigenvalue weighted by Gasteiger charge is -2.15. The average Bonchev–Trinajstić information content (AvgIpc) is 2.94. The van der Waals surface area contributed by atoms with Crippen molar-refractivity contribution in [1.29, 1.82) is 0 Å². The van der Waals surface area contributed by atoms with Crippen LogP contribution in [0, 0.1) is 0 Å². The first-order valence-electron chi connectivity index (χ1n) is 12.9. The van der Waals surface area contributed by atoms with Crippen molar-refractivity contribution in [3.8, 4) is 0 Å². The van der Waals surface area contributed by atoms with Crippen LogP contribution in [0.1, 0.15) is 38.8 Å². The molecule has 0 N–H and O–H groups in total. The zero-order chi connectivity index (χ0) is 29.1. The first-order valence-corrected chi connectivity index (χ1v) is 19.9. The SMILES string of the molecule is CCOP(=O)(/N=C(\SCCS/C(=N/P(=O)(OCC)OCC)SCc1ccccc1)SCc1ccccc1)OCC. The Morgan fingerprint density at radius 1 is 0.575 bits per heavy atom. The van der Waals surface area contributed by atoms with Gasteiger partial charge in [-0.2, -0.15) is 9.53 Å². The number of hydrogen-bond acceptors (Lipinski definition) is 10. The lowest BCUT2D eigenvalue weighted by Crippen LogP contribution is -2.00. The van der Waals surface area contributed by atoms with E-state index in [0.29, 0.717) is 31.8 Å². The zero-order valence-electron chi connectivity index (χ0n) is 23.3. The van der Waals surface area contributed by atoms with Gasteiger partial charge in [-0.1, -0.05) is 108 Å². The molecule has 222 valence electrons.